The number of carbonyl (C=O) groups excluding carboxylic acids is 1. The number of rotatable bonds is 1. The van der Waals surface area contributed by atoms with Gasteiger partial charge in [-0.05, 0) is 30.7 Å². The number of hydrogen-bond donors (Lipinski definition) is 0. The van der Waals surface area contributed by atoms with Gasteiger partial charge in [-0.2, -0.15) is 5.10 Å². The van der Waals surface area contributed by atoms with Crippen molar-refractivity contribution in [2.45, 2.75) is 65.2 Å². The smallest absolute Gasteiger partial charge is 0.250 e. The molecule has 1 heterocycles. The van der Waals surface area contributed by atoms with Crippen LogP contribution < -0.4 is 0 Å². The maximum atomic E-state index is 13.1. The molecule has 3 rings (SSSR count). The second-order valence-electron chi connectivity index (χ2n) is 9.05. The van der Waals surface area contributed by atoms with Crippen molar-refractivity contribution >= 4 is 5.91 Å². The van der Waals surface area contributed by atoms with E-state index in [1.807, 2.05) is 0 Å². The molecule has 2 aliphatic rings. The second kappa shape index (κ2) is 4.81. The fourth-order valence-corrected chi connectivity index (χ4v) is 3.67. The molecule has 0 aliphatic heterocycles. The Morgan fingerprint density at radius 3 is 2.23 bits per heavy atom. The van der Waals surface area contributed by atoms with Gasteiger partial charge in [-0.3, -0.25) is 4.79 Å². The standard InChI is InChI=1S/C19H28N2O/c1-18(2,3)15-11-16(19(4,5)6)21(20-15)17(22)14-10-12-7-8-13(14)9-12/h7-8,11-14H,9-10H2,1-6H3/t12-,13+,14?/m1/s1. The monoisotopic (exact) mass is 300 g/mol. The van der Waals surface area contributed by atoms with Gasteiger partial charge in [0, 0.05) is 16.7 Å². The van der Waals surface area contributed by atoms with Gasteiger partial charge in [0.15, 0.2) is 0 Å². The number of allylic oxidation sites excluding steroid dienone is 2. The first-order chi connectivity index (χ1) is 10.1. The molecular weight excluding hydrogens is 272 g/mol. The molecule has 120 valence electrons. The van der Waals surface area contributed by atoms with Gasteiger partial charge in [0.1, 0.15) is 0 Å². The van der Waals surface area contributed by atoms with Crippen molar-refractivity contribution in [1.29, 1.82) is 0 Å². The van der Waals surface area contributed by atoms with E-state index in [0.717, 1.165) is 24.2 Å². The van der Waals surface area contributed by atoms with Gasteiger partial charge >= 0.3 is 0 Å². The van der Waals surface area contributed by atoms with Crippen LogP contribution >= 0.6 is 0 Å². The third-order valence-electron chi connectivity index (χ3n) is 5.05. The zero-order valence-electron chi connectivity index (χ0n) is 14.7. The van der Waals surface area contributed by atoms with Gasteiger partial charge in [-0.25, -0.2) is 4.68 Å². The molecule has 1 saturated carbocycles. The van der Waals surface area contributed by atoms with Crippen LogP contribution in [0.15, 0.2) is 18.2 Å². The van der Waals surface area contributed by atoms with Gasteiger partial charge in [0.05, 0.1) is 11.4 Å². The Labute approximate surface area is 133 Å². The molecule has 0 amide bonds. The summed E-state index contributed by atoms with van der Waals surface area (Å²) in [5.41, 5.74) is 1.92. The Bertz CT molecular complexity index is 625. The largest absolute Gasteiger partial charge is 0.272 e. The summed E-state index contributed by atoms with van der Waals surface area (Å²) in [6, 6.07) is 2.13. The maximum absolute atomic E-state index is 13.1. The van der Waals surface area contributed by atoms with E-state index in [0.29, 0.717) is 11.8 Å². The predicted octanol–water partition coefficient (Wildman–Crippen LogP) is 4.33. The molecule has 0 saturated heterocycles. The minimum absolute atomic E-state index is 0.0416. The maximum Gasteiger partial charge on any atom is 0.250 e. The van der Waals surface area contributed by atoms with E-state index in [1.165, 1.54) is 0 Å². The first-order valence-electron chi connectivity index (χ1n) is 8.41. The number of nitrogens with zero attached hydrogens (tertiary/aromatic N) is 2. The van der Waals surface area contributed by atoms with E-state index >= 15 is 0 Å². The Morgan fingerprint density at radius 1 is 1.09 bits per heavy atom. The van der Waals surface area contributed by atoms with E-state index in [1.54, 1.807) is 4.68 Å². The van der Waals surface area contributed by atoms with Crippen LogP contribution in [0.25, 0.3) is 0 Å². The van der Waals surface area contributed by atoms with Gasteiger partial charge in [-0.1, -0.05) is 53.7 Å². The summed E-state index contributed by atoms with van der Waals surface area (Å²) >= 11 is 0. The molecule has 0 radical (unpaired) electrons. The molecule has 0 N–H and O–H groups in total. The minimum atomic E-state index is -0.0837. The van der Waals surface area contributed by atoms with Crippen molar-refractivity contribution in [3.8, 4) is 0 Å². The molecule has 2 aliphatic carbocycles. The molecule has 1 aromatic rings. The highest BCUT2D eigenvalue weighted by molar-refractivity contribution is 5.82. The molecule has 0 spiro atoms. The van der Waals surface area contributed by atoms with Crippen molar-refractivity contribution in [2.24, 2.45) is 17.8 Å². The van der Waals surface area contributed by atoms with E-state index in [2.05, 4.69) is 59.8 Å². The minimum Gasteiger partial charge on any atom is -0.272 e. The summed E-state index contributed by atoms with van der Waals surface area (Å²) in [6.07, 6.45) is 6.66. The van der Waals surface area contributed by atoms with Crippen molar-refractivity contribution < 1.29 is 4.79 Å². The Kier molecular flexibility index (Phi) is 3.39. The van der Waals surface area contributed by atoms with E-state index in [4.69, 9.17) is 5.10 Å². The van der Waals surface area contributed by atoms with Crippen LogP contribution in [-0.2, 0) is 10.8 Å². The van der Waals surface area contributed by atoms with Crippen LogP contribution in [0, 0.1) is 17.8 Å². The van der Waals surface area contributed by atoms with Crippen LogP contribution in [0.5, 0.6) is 0 Å². The zero-order valence-corrected chi connectivity index (χ0v) is 14.7. The molecule has 3 atom stereocenters. The van der Waals surface area contributed by atoms with Crippen LogP contribution in [-0.4, -0.2) is 15.7 Å². The summed E-state index contributed by atoms with van der Waals surface area (Å²) < 4.78 is 1.72. The van der Waals surface area contributed by atoms with Crippen LogP contribution in [0.1, 0.15) is 70.6 Å². The predicted molar refractivity (Wildman–Crippen MR) is 89.1 cm³/mol. The third-order valence-corrected chi connectivity index (χ3v) is 5.05. The van der Waals surface area contributed by atoms with Crippen molar-refractivity contribution in [3.63, 3.8) is 0 Å². The van der Waals surface area contributed by atoms with Gasteiger partial charge in [0.2, 0.25) is 0 Å². The highest BCUT2D eigenvalue weighted by Gasteiger charge is 2.42. The SMILES string of the molecule is CC(C)(C)c1cc(C(C)(C)C)n(C(=O)C2C[C@@H]3C=C[C@H]2C3)n1. The fraction of sp³-hybridized carbons (Fsp3) is 0.684. The first-order valence-corrected chi connectivity index (χ1v) is 8.41. The molecule has 3 nitrogen and oxygen atoms in total. The number of aromatic nitrogens is 2. The van der Waals surface area contributed by atoms with E-state index < -0.39 is 0 Å². The normalized spacial score (nSPS) is 27.6. The van der Waals surface area contributed by atoms with E-state index in [-0.39, 0.29) is 22.7 Å². The molecular formula is C19H28N2O. The summed E-state index contributed by atoms with van der Waals surface area (Å²) in [5.74, 6) is 1.34. The molecule has 1 fully saturated rings. The van der Waals surface area contributed by atoms with Crippen molar-refractivity contribution in [3.05, 3.63) is 29.6 Å². The highest BCUT2D eigenvalue weighted by Crippen LogP contribution is 2.44. The lowest BCUT2D eigenvalue weighted by Gasteiger charge is -2.23. The van der Waals surface area contributed by atoms with E-state index in [9.17, 15) is 4.79 Å². The quantitative estimate of drug-likeness (QED) is 0.724. The molecule has 3 heteroatoms. The second-order valence-corrected chi connectivity index (χ2v) is 9.05. The summed E-state index contributed by atoms with van der Waals surface area (Å²) in [4.78, 5) is 13.1. The Hall–Kier alpha value is -1.38. The molecule has 1 aromatic heterocycles. The third kappa shape index (κ3) is 2.55. The average Bonchev–Trinajstić information content (AvgIpc) is 3.09. The first kappa shape index (κ1) is 15.5. The number of carbonyl (C=O) groups is 1. The topological polar surface area (TPSA) is 34.9 Å². The Morgan fingerprint density at radius 2 is 1.77 bits per heavy atom. The zero-order chi connectivity index (χ0) is 16.3. The van der Waals surface area contributed by atoms with Crippen molar-refractivity contribution in [1.82, 2.24) is 9.78 Å². The van der Waals surface area contributed by atoms with Gasteiger partial charge in [-0.15, -0.1) is 0 Å². The van der Waals surface area contributed by atoms with Gasteiger partial charge in [0.25, 0.3) is 5.91 Å². The number of fused-ring (bicyclic) bond motifs is 2. The van der Waals surface area contributed by atoms with Crippen LogP contribution in [0.2, 0.25) is 0 Å². The summed E-state index contributed by atoms with van der Waals surface area (Å²) in [5, 5.41) is 4.72. The molecule has 2 bridgehead atoms. The average molecular weight is 300 g/mol. The van der Waals surface area contributed by atoms with Gasteiger partial charge < -0.3 is 0 Å². The van der Waals surface area contributed by atoms with Crippen LogP contribution in [0.3, 0.4) is 0 Å². The molecule has 22 heavy (non-hydrogen) atoms. The lowest BCUT2D eigenvalue weighted by Crippen LogP contribution is -2.30. The fourth-order valence-electron chi connectivity index (χ4n) is 3.67. The summed E-state index contributed by atoms with van der Waals surface area (Å²) in [7, 11) is 0. The Balaban J connectivity index is 2.00. The summed E-state index contributed by atoms with van der Waals surface area (Å²) in [6.45, 7) is 12.9. The lowest BCUT2D eigenvalue weighted by atomic mass is 9.87. The van der Waals surface area contributed by atoms with Crippen LogP contribution in [0.4, 0.5) is 0 Å². The number of hydrogen-bond acceptors (Lipinski definition) is 2. The lowest BCUT2D eigenvalue weighted by molar-refractivity contribution is 0.0787. The highest BCUT2D eigenvalue weighted by atomic mass is 16.2. The van der Waals surface area contributed by atoms with Crippen molar-refractivity contribution in [2.75, 3.05) is 0 Å². The molecule has 1 unspecified atom stereocenters. The molecule has 0 aromatic carbocycles.